The summed E-state index contributed by atoms with van der Waals surface area (Å²) < 4.78 is 1.78. The zero-order valence-corrected chi connectivity index (χ0v) is 13.4. The van der Waals surface area contributed by atoms with Crippen molar-refractivity contribution >= 4 is 17.5 Å². The van der Waals surface area contributed by atoms with E-state index in [-0.39, 0.29) is 6.03 Å². The van der Waals surface area contributed by atoms with Crippen molar-refractivity contribution in [1.29, 1.82) is 0 Å². The number of benzene rings is 2. The first-order valence-electron chi connectivity index (χ1n) is 7.98. The second kappa shape index (κ2) is 5.85. The largest absolute Gasteiger partial charge is 0.327 e. The highest BCUT2D eigenvalue weighted by Crippen LogP contribution is 2.28. The Morgan fingerprint density at radius 3 is 2.67 bits per heavy atom. The average molecular weight is 318 g/mol. The molecule has 5 heteroatoms. The molecule has 5 nitrogen and oxygen atoms in total. The number of carbonyl (C=O) groups is 1. The van der Waals surface area contributed by atoms with Crippen LogP contribution in [0.1, 0.15) is 5.56 Å². The number of nitrogens with zero attached hydrogens (tertiary/aromatic N) is 3. The molecule has 120 valence electrons. The number of carbonyl (C=O) groups excluding carboxylic acids is 1. The maximum atomic E-state index is 12.6. The van der Waals surface area contributed by atoms with E-state index in [2.05, 4.69) is 16.5 Å². The molecule has 1 aliphatic rings. The molecule has 3 aromatic rings. The molecule has 0 unspecified atom stereocenters. The van der Waals surface area contributed by atoms with Crippen LogP contribution >= 0.6 is 0 Å². The summed E-state index contributed by atoms with van der Waals surface area (Å²) in [5.74, 6) is 0.561. The van der Waals surface area contributed by atoms with E-state index in [9.17, 15) is 4.79 Å². The van der Waals surface area contributed by atoms with Crippen LogP contribution in [0.2, 0.25) is 0 Å². The summed E-state index contributed by atoms with van der Waals surface area (Å²) in [6, 6.07) is 19.8. The van der Waals surface area contributed by atoms with Crippen LogP contribution in [-0.4, -0.2) is 22.4 Å². The van der Waals surface area contributed by atoms with E-state index < -0.39 is 0 Å². The fraction of sp³-hybridized carbons (Fsp3) is 0.158. The van der Waals surface area contributed by atoms with E-state index in [0.717, 1.165) is 23.4 Å². The average Bonchev–Trinajstić information content (AvgIpc) is 3.19. The van der Waals surface area contributed by atoms with Crippen molar-refractivity contribution < 1.29 is 4.79 Å². The lowest BCUT2D eigenvalue weighted by Crippen LogP contribution is -2.33. The number of urea groups is 1. The number of aryl methyl sites for hydroxylation is 1. The summed E-state index contributed by atoms with van der Waals surface area (Å²) in [5.41, 5.74) is 4.22. The monoisotopic (exact) mass is 318 g/mol. The molecular formula is C19H18N4O. The number of nitrogens with one attached hydrogen (secondary N) is 1. The molecule has 1 aromatic heterocycles. The first-order valence-corrected chi connectivity index (χ1v) is 7.98. The van der Waals surface area contributed by atoms with Crippen molar-refractivity contribution in [2.45, 2.75) is 6.42 Å². The first-order chi connectivity index (χ1) is 11.7. The summed E-state index contributed by atoms with van der Waals surface area (Å²) >= 11 is 0. The van der Waals surface area contributed by atoms with Gasteiger partial charge in [0, 0.05) is 25.3 Å². The summed E-state index contributed by atoms with van der Waals surface area (Å²) in [5, 5.41) is 7.32. The Hall–Kier alpha value is -3.08. The van der Waals surface area contributed by atoms with Crippen molar-refractivity contribution in [2.24, 2.45) is 7.05 Å². The highest BCUT2D eigenvalue weighted by molar-refractivity contribution is 6.02. The highest BCUT2D eigenvalue weighted by atomic mass is 16.2. The van der Waals surface area contributed by atoms with Gasteiger partial charge in [-0.3, -0.25) is 14.9 Å². The SMILES string of the molecule is Cn1nc(NC(=O)N2CCc3ccccc32)cc1-c1ccccc1. The van der Waals surface area contributed by atoms with E-state index in [1.54, 1.807) is 9.58 Å². The number of rotatable bonds is 2. The molecule has 2 heterocycles. The molecule has 0 saturated heterocycles. The van der Waals surface area contributed by atoms with Crippen molar-refractivity contribution in [2.75, 3.05) is 16.8 Å². The lowest BCUT2D eigenvalue weighted by molar-refractivity contribution is 0.257. The number of fused-ring (bicyclic) bond motifs is 1. The Labute approximate surface area is 140 Å². The number of amides is 2. The van der Waals surface area contributed by atoms with Gasteiger partial charge in [0.1, 0.15) is 0 Å². The van der Waals surface area contributed by atoms with E-state index in [4.69, 9.17) is 0 Å². The molecule has 0 saturated carbocycles. The number of hydrogen-bond acceptors (Lipinski definition) is 2. The van der Waals surface area contributed by atoms with Crippen LogP contribution in [0.5, 0.6) is 0 Å². The van der Waals surface area contributed by atoms with Crippen LogP contribution in [0.25, 0.3) is 11.3 Å². The molecule has 0 spiro atoms. The molecule has 24 heavy (non-hydrogen) atoms. The minimum atomic E-state index is -0.141. The molecule has 0 bridgehead atoms. The fourth-order valence-electron chi connectivity index (χ4n) is 3.13. The van der Waals surface area contributed by atoms with E-state index in [1.807, 2.05) is 61.6 Å². The van der Waals surface area contributed by atoms with Gasteiger partial charge in [-0.1, -0.05) is 48.5 Å². The maximum Gasteiger partial charge on any atom is 0.327 e. The number of para-hydroxylation sites is 1. The van der Waals surface area contributed by atoms with Gasteiger partial charge in [-0.2, -0.15) is 5.10 Å². The van der Waals surface area contributed by atoms with Crippen LogP contribution in [0.4, 0.5) is 16.3 Å². The predicted molar refractivity (Wildman–Crippen MR) is 95.2 cm³/mol. The third-order valence-electron chi connectivity index (χ3n) is 4.32. The van der Waals surface area contributed by atoms with E-state index in [1.165, 1.54) is 5.56 Å². The number of anilines is 2. The molecule has 1 N–H and O–H groups in total. The number of aromatic nitrogens is 2. The quantitative estimate of drug-likeness (QED) is 0.783. The standard InChI is InChI=1S/C19H18N4O/c1-22-17(14-7-3-2-4-8-14)13-18(21-22)20-19(24)23-12-11-15-9-5-6-10-16(15)23/h2-10,13H,11-12H2,1H3,(H,20,21,24). The fourth-order valence-corrected chi connectivity index (χ4v) is 3.13. The van der Waals surface area contributed by atoms with Crippen molar-refractivity contribution in [3.63, 3.8) is 0 Å². The third kappa shape index (κ3) is 2.54. The van der Waals surface area contributed by atoms with Gasteiger partial charge in [-0.05, 0) is 23.6 Å². The molecular weight excluding hydrogens is 300 g/mol. The Morgan fingerprint density at radius 1 is 1.08 bits per heavy atom. The molecule has 2 aromatic carbocycles. The highest BCUT2D eigenvalue weighted by Gasteiger charge is 2.24. The molecule has 0 atom stereocenters. The molecule has 2 amide bonds. The van der Waals surface area contributed by atoms with Crippen LogP contribution < -0.4 is 10.2 Å². The summed E-state index contributed by atoms with van der Waals surface area (Å²) in [4.78, 5) is 14.4. The minimum Gasteiger partial charge on any atom is -0.294 e. The first kappa shape index (κ1) is 14.5. The van der Waals surface area contributed by atoms with Gasteiger partial charge in [0.05, 0.1) is 5.69 Å². The summed E-state index contributed by atoms with van der Waals surface area (Å²) in [6.45, 7) is 0.698. The molecule has 0 fully saturated rings. The van der Waals surface area contributed by atoms with Gasteiger partial charge in [-0.15, -0.1) is 0 Å². The molecule has 4 rings (SSSR count). The normalized spacial score (nSPS) is 13.0. The predicted octanol–water partition coefficient (Wildman–Crippen LogP) is 3.68. The van der Waals surface area contributed by atoms with Crippen LogP contribution in [-0.2, 0) is 13.5 Å². The molecule has 0 radical (unpaired) electrons. The Kier molecular flexibility index (Phi) is 3.54. The minimum absolute atomic E-state index is 0.141. The number of hydrogen-bond donors (Lipinski definition) is 1. The third-order valence-corrected chi connectivity index (χ3v) is 4.32. The van der Waals surface area contributed by atoms with Gasteiger partial charge in [0.15, 0.2) is 5.82 Å². The second-order valence-electron chi connectivity index (χ2n) is 5.86. The van der Waals surface area contributed by atoms with Crippen molar-refractivity contribution in [1.82, 2.24) is 9.78 Å². The van der Waals surface area contributed by atoms with Gasteiger partial charge in [-0.25, -0.2) is 4.79 Å². The second-order valence-corrected chi connectivity index (χ2v) is 5.86. The Morgan fingerprint density at radius 2 is 1.83 bits per heavy atom. The van der Waals surface area contributed by atoms with Crippen LogP contribution in [0, 0.1) is 0 Å². The Balaban J connectivity index is 1.55. The Bertz CT molecular complexity index is 885. The topological polar surface area (TPSA) is 50.2 Å². The van der Waals surface area contributed by atoms with E-state index >= 15 is 0 Å². The van der Waals surface area contributed by atoms with Gasteiger partial charge in [0.2, 0.25) is 0 Å². The maximum absolute atomic E-state index is 12.6. The zero-order chi connectivity index (χ0) is 16.5. The van der Waals surface area contributed by atoms with Crippen molar-refractivity contribution in [3.8, 4) is 11.3 Å². The zero-order valence-electron chi connectivity index (χ0n) is 13.4. The summed E-state index contributed by atoms with van der Waals surface area (Å²) in [6.07, 6.45) is 0.890. The van der Waals surface area contributed by atoms with Crippen molar-refractivity contribution in [3.05, 3.63) is 66.2 Å². The molecule has 0 aliphatic carbocycles. The van der Waals surface area contributed by atoms with Crippen LogP contribution in [0.3, 0.4) is 0 Å². The molecule has 1 aliphatic heterocycles. The van der Waals surface area contributed by atoms with Gasteiger partial charge in [0.25, 0.3) is 0 Å². The lowest BCUT2D eigenvalue weighted by Gasteiger charge is -2.16. The van der Waals surface area contributed by atoms with E-state index in [0.29, 0.717) is 12.4 Å². The smallest absolute Gasteiger partial charge is 0.294 e. The van der Waals surface area contributed by atoms with Gasteiger partial charge >= 0.3 is 6.03 Å². The summed E-state index contributed by atoms with van der Waals surface area (Å²) in [7, 11) is 1.88. The van der Waals surface area contributed by atoms with Crippen LogP contribution in [0.15, 0.2) is 60.7 Å². The lowest BCUT2D eigenvalue weighted by atomic mass is 10.1. The van der Waals surface area contributed by atoms with Gasteiger partial charge < -0.3 is 0 Å².